The molecule has 1 rings (SSSR count). The van der Waals surface area contributed by atoms with E-state index in [1.165, 1.54) is 0 Å². The van der Waals surface area contributed by atoms with Gasteiger partial charge in [0, 0.05) is 6.07 Å². The van der Waals surface area contributed by atoms with Gasteiger partial charge in [-0.05, 0) is 0 Å². The molecular formula is C5H4Cl3N3O. The van der Waals surface area contributed by atoms with Crippen LogP contribution in [0.15, 0.2) is 6.07 Å². The summed E-state index contributed by atoms with van der Waals surface area (Å²) < 4.78 is -1.77. The molecule has 0 aliphatic heterocycles. The summed E-state index contributed by atoms with van der Waals surface area (Å²) in [6, 6.07) is 1.15. The normalized spacial score (nSPS) is 11.6. The van der Waals surface area contributed by atoms with Gasteiger partial charge in [-0.15, -0.1) is 0 Å². The lowest BCUT2D eigenvalue weighted by Crippen LogP contribution is -2.08. The molecule has 0 radical (unpaired) electrons. The number of alkyl halides is 3. The Kier molecular flexibility index (Phi) is 2.51. The third-order valence-corrected chi connectivity index (χ3v) is 1.49. The molecule has 3 N–H and O–H groups in total. The summed E-state index contributed by atoms with van der Waals surface area (Å²) in [7, 11) is 0. The number of halogens is 3. The number of nitrogens with two attached hydrogens (primary N) is 1. The molecule has 0 aliphatic rings. The van der Waals surface area contributed by atoms with E-state index in [0.29, 0.717) is 0 Å². The van der Waals surface area contributed by atoms with Gasteiger partial charge in [-0.1, -0.05) is 34.8 Å². The van der Waals surface area contributed by atoms with E-state index < -0.39 is 3.79 Å². The Labute approximate surface area is 83.3 Å². The maximum Gasteiger partial charge on any atom is 0.250 e. The Morgan fingerprint density at radius 3 is 2.33 bits per heavy atom. The van der Waals surface area contributed by atoms with Crippen molar-refractivity contribution in [1.29, 1.82) is 0 Å². The quantitative estimate of drug-likeness (QED) is 0.662. The molecule has 12 heavy (non-hydrogen) atoms. The first-order valence-corrected chi connectivity index (χ1v) is 3.93. The molecule has 4 nitrogen and oxygen atoms in total. The zero-order chi connectivity index (χ0) is 9.35. The Bertz CT molecular complexity index is 278. The van der Waals surface area contributed by atoms with Gasteiger partial charge in [-0.3, -0.25) is 0 Å². The van der Waals surface area contributed by atoms with Crippen molar-refractivity contribution in [3.63, 3.8) is 0 Å². The fourth-order valence-corrected chi connectivity index (χ4v) is 0.833. The molecule has 1 aromatic heterocycles. The summed E-state index contributed by atoms with van der Waals surface area (Å²) in [6.45, 7) is 0. The SMILES string of the molecule is Nc1cc(O)nc(C(Cl)(Cl)Cl)n1. The molecular weight excluding hydrogens is 224 g/mol. The van der Waals surface area contributed by atoms with Crippen molar-refractivity contribution >= 4 is 40.6 Å². The predicted molar refractivity (Wildman–Crippen MR) is 47.3 cm³/mol. The van der Waals surface area contributed by atoms with Crippen molar-refractivity contribution in [2.24, 2.45) is 0 Å². The van der Waals surface area contributed by atoms with Crippen molar-refractivity contribution in [1.82, 2.24) is 9.97 Å². The van der Waals surface area contributed by atoms with Crippen LogP contribution in [-0.4, -0.2) is 15.1 Å². The van der Waals surface area contributed by atoms with Crippen LogP contribution >= 0.6 is 34.8 Å². The van der Waals surface area contributed by atoms with Gasteiger partial charge in [0.25, 0.3) is 0 Å². The third-order valence-electron chi connectivity index (χ3n) is 0.986. The maximum absolute atomic E-state index is 8.95. The van der Waals surface area contributed by atoms with Crippen molar-refractivity contribution in [3.05, 3.63) is 11.9 Å². The van der Waals surface area contributed by atoms with Crippen LogP contribution in [0, 0.1) is 0 Å². The minimum absolute atomic E-state index is 0.0452. The van der Waals surface area contributed by atoms with Crippen LogP contribution in [0.4, 0.5) is 5.82 Å². The summed E-state index contributed by atoms with van der Waals surface area (Å²) in [4.78, 5) is 7.09. The van der Waals surface area contributed by atoms with Crippen LogP contribution < -0.4 is 5.73 Å². The highest BCUT2D eigenvalue weighted by molar-refractivity contribution is 6.66. The highest BCUT2D eigenvalue weighted by Crippen LogP contribution is 2.36. The second-order valence-corrected chi connectivity index (χ2v) is 4.25. The first-order valence-electron chi connectivity index (χ1n) is 2.80. The average Bonchev–Trinajstić information content (AvgIpc) is 1.82. The smallest absolute Gasteiger partial charge is 0.250 e. The van der Waals surface area contributed by atoms with Gasteiger partial charge >= 0.3 is 0 Å². The lowest BCUT2D eigenvalue weighted by Gasteiger charge is -2.08. The number of rotatable bonds is 0. The lowest BCUT2D eigenvalue weighted by molar-refractivity contribution is 0.449. The van der Waals surface area contributed by atoms with Crippen molar-refractivity contribution in [2.75, 3.05) is 5.73 Å². The van der Waals surface area contributed by atoms with Gasteiger partial charge in [-0.25, -0.2) is 4.98 Å². The molecule has 0 aliphatic carbocycles. The first kappa shape index (κ1) is 9.64. The zero-order valence-electron chi connectivity index (χ0n) is 5.63. The minimum atomic E-state index is -1.77. The maximum atomic E-state index is 8.95. The van der Waals surface area contributed by atoms with E-state index in [0.717, 1.165) is 6.07 Å². The van der Waals surface area contributed by atoms with Crippen LogP contribution in [0.5, 0.6) is 5.88 Å². The molecule has 0 atom stereocenters. The molecule has 0 saturated carbocycles. The Hall–Kier alpha value is -0.450. The topological polar surface area (TPSA) is 72.0 Å². The largest absolute Gasteiger partial charge is 0.493 e. The summed E-state index contributed by atoms with van der Waals surface area (Å²) in [6.07, 6.45) is 0. The lowest BCUT2D eigenvalue weighted by atomic mass is 10.5. The Morgan fingerprint density at radius 2 is 1.92 bits per heavy atom. The number of hydrogen-bond donors (Lipinski definition) is 2. The number of anilines is 1. The molecule has 0 aromatic carbocycles. The number of hydrogen-bond acceptors (Lipinski definition) is 4. The van der Waals surface area contributed by atoms with E-state index in [1.807, 2.05) is 0 Å². The van der Waals surface area contributed by atoms with Gasteiger partial charge in [-0.2, -0.15) is 4.98 Å². The number of nitrogens with zero attached hydrogens (tertiary/aromatic N) is 2. The van der Waals surface area contributed by atoms with Crippen LogP contribution in [0.2, 0.25) is 0 Å². The van der Waals surface area contributed by atoms with Crippen LogP contribution in [0.1, 0.15) is 5.82 Å². The first-order chi connectivity index (χ1) is 5.39. The summed E-state index contributed by atoms with van der Waals surface area (Å²) in [5, 5.41) is 8.95. The predicted octanol–water partition coefficient (Wildman–Crippen LogP) is 1.59. The van der Waals surface area contributed by atoms with Crippen molar-refractivity contribution < 1.29 is 5.11 Å². The highest BCUT2D eigenvalue weighted by atomic mass is 35.6. The molecule has 0 spiro atoms. The third kappa shape index (κ3) is 2.27. The fraction of sp³-hybridized carbons (Fsp3) is 0.200. The van der Waals surface area contributed by atoms with E-state index in [9.17, 15) is 0 Å². The van der Waals surface area contributed by atoms with Crippen LogP contribution in [0.25, 0.3) is 0 Å². The number of aromatic nitrogens is 2. The molecule has 0 unspecified atom stereocenters. The molecule has 0 saturated heterocycles. The van der Waals surface area contributed by atoms with Gasteiger partial charge in [0.2, 0.25) is 9.67 Å². The summed E-state index contributed by atoms with van der Waals surface area (Å²) in [5.41, 5.74) is 5.27. The number of nitrogen functional groups attached to an aromatic ring is 1. The number of aromatic hydroxyl groups is 1. The second-order valence-electron chi connectivity index (χ2n) is 1.97. The molecule has 66 valence electrons. The van der Waals surface area contributed by atoms with E-state index in [-0.39, 0.29) is 17.5 Å². The van der Waals surface area contributed by atoms with E-state index >= 15 is 0 Å². The summed E-state index contributed by atoms with van der Waals surface area (Å²) >= 11 is 16.3. The molecule has 0 bridgehead atoms. The molecule has 0 amide bonds. The molecule has 1 heterocycles. The fourth-order valence-electron chi connectivity index (χ4n) is 0.579. The van der Waals surface area contributed by atoms with E-state index in [4.69, 9.17) is 45.6 Å². The molecule has 0 fully saturated rings. The highest BCUT2D eigenvalue weighted by Gasteiger charge is 2.27. The standard InChI is InChI=1S/C5H4Cl3N3O/c6-5(7,8)4-10-2(9)1-3(12)11-4/h1H,(H3,9,10,11,12). The molecule has 7 heteroatoms. The second kappa shape index (κ2) is 3.12. The Morgan fingerprint density at radius 1 is 1.33 bits per heavy atom. The average molecular weight is 228 g/mol. The summed E-state index contributed by atoms with van der Waals surface area (Å²) in [5.74, 6) is -0.433. The Balaban J connectivity index is 3.18. The van der Waals surface area contributed by atoms with Crippen LogP contribution in [0.3, 0.4) is 0 Å². The van der Waals surface area contributed by atoms with Gasteiger partial charge in [0.15, 0.2) is 5.82 Å². The van der Waals surface area contributed by atoms with Gasteiger partial charge in [0.1, 0.15) is 5.82 Å². The minimum Gasteiger partial charge on any atom is -0.493 e. The van der Waals surface area contributed by atoms with Crippen LogP contribution in [-0.2, 0) is 3.79 Å². The van der Waals surface area contributed by atoms with Gasteiger partial charge in [0.05, 0.1) is 0 Å². The monoisotopic (exact) mass is 227 g/mol. The van der Waals surface area contributed by atoms with Crippen molar-refractivity contribution in [2.45, 2.75) is 3.79 Å². The van der Waals surface area contributed by atoms with Crippen molar-refractivity contribution in [3.8, 4) is 5.88 Å². The molecule has 1 aromatic rings. The van der Waals surface area contributed by atoms with Gasteiger partial charge < -0.3 is 10.8 Å². The van der Waals surface area contributed by atoms with E-state index in [2.05, 4.69) is 9.97 Å². The van der Waals surface area contributed by atoms with E-state index in [1.54, 1.807) is 0 Å². The zero-order valence-corrected chi connectivity index (χ0v) is 7.90.